The molecule has 1 heterocycles. The van der Waals surface area contributed by atoms with E-state index in [4.69, 9.17) is 11.0 Å². The Morgan fingerprint density at radius 2 is 2.46 bits per heavy atom. The summed E-state index contributed by atoms with van der Waals surface area (Å²) in [4.78, 5) is 14.5. The van der Waals surface area contributed by atoms with Gasteiger partial charge in [0.05, 0.1) is 0 Å². The lowest BCUT2D eigenvalue weighted by Gasteiger charge is -1.92. The standard InChI is InChI=1S/C9H7N3O/c10-5-8(9(11)13)4-7-2-1-3-12-6-7/h1-4,6H,(H2,11,13). The van der Waals surface area contributed by atoms with Crippen LogP contribution in [0.1, 0.15) is 5.56 Å². The molecule has 0 aliphatic heterocycles. The van der Waals surface area contributed by atoms with Crippen LogP contribution in [0.4, 0.5) is 0 Å². The number of nitriles is 1. The van der Waals surface area contributed by atoms with Crippen molar-refractivity contribution < 1.29 is 4.79 Å². The number of hydrogen-bond donors (Lipinski definition) is 1. The number of primary amides is 1. The molecule has 0 fully saturated rings. The molecule has 4 heteroatoms. The Hall–Kier alpha value is -2.15. The molecule has 0 aliphatic rings. The van der Waals surface area contributed by atoms with Gasteiger partial charge in [0.25, 0.3) is 5.91 Å². The molecular formula is C9H7N3O. The van der Waals surface area contributed by atoms with E-state index < -0.39 is 5.91 Å². The van der Waals surface area contributed by atoms with Gasteiger partial charge in [-0.15, -0.1) is 0 Å². The first-order valence-corrected chi connectivity index (χ1v) is 3.55. The lowest BCUT2D eigenvalue weighted by atomic mass is 10.2. The third-order valence-corrected chi connectivity index (χ3v) is 1.38. The first-order chi connectivity index (χ1) is 6.24. The SMILES string of the molecule is N#CC(=Cc1cccnc1)C(N)=O. The first kappa shape index (κ1) is 8.94. The molecule has 1 rings (SSSR count). The van der Waals surface area contributed by atoms with Crippen molar-refractivity contribution in [2.24, 2.45) is 5.73 Å². The van der Waals surface area contributed by atoms with Gasteiger partial charge in [-0.1, -0.05) is 6.07 Å². The summed E-state index contributed by atoms with van der Waals surface area (Å²) in [6, 6.07) is 5.15. The Labute approximate surface area is 75.3 Å². The summed E-state index contributed by atoms with van der Waals surface area (Å²) in [6.45, 7) is 0. The maximum atomic E-state index is 10.6. The second-order valence-corrected chi connectivity index (χ2v) is 2.32. The van der Waals surface area contributed by atoms with E-state index in [1.807, 2.05) is 0 Å². The van der Waals surface area contributed by atoms with E-state index in [2.05, 4.69) is 4.98 Å². The summed E-state index contributed by atoms with van der Waals surface area (Å²) in [5.41, 5.74) is 5.55. The van der Waals surface area contributed by atoms with Crippen molar-refractivity contribution in [2.75, 3.05) is 0 Å². The van der Waals surface area contributed by atoms with Crippen molar-refractivity contribution in [3.63, 3.8) is 0 Å². The molecule has 1 amide bonds. The van der Waals surface area contributed by atoms with E-state index in [-0.39, 0.29) is 5.57 Å². The normalized spacial score (nSPS) is 10.5. The fourth-order valence-corrected chi connectivity index (χ4v) is 0.787. The third kappa shape index (κ3) is 2.42. The van der Waals surface area contributed by atoms with Gasteiger partial charge in [0.15, 0.2) is 0 Å². The lowest BCUT2D eigenvalue weighted by molar-refractivity contribution is -0.114. The number of nitrogens with two attached hydrogens (primary N) is 1. The van der Waals surface area contributed by atoms with Crippen LogP contribution in [-0.2, 0) is 4.79 Å². The van der Waals surface area contributed by atoms with Crippen molar-refractivity contribution >= 4 is 12.0 Å². The summed E-state index contributed by atoms with van der Waals surface area (Å²) < 4.78 is 0. The molecule has 0 saturated carbocycles. The second kappa shape index (κ2) is 4.02. The predicted molar refractivity (Wildman–Crippen MR) is 47.0 cm³/mol. The topological polar surface area (TPSA) is 79.8 Å². The van der Waals surface area contributed by atoms with Crippen molar-refractivity contribution in [2.45, 2.75) is 0 Å². The predicted octanol–water partition coefficient (Wildman–Crippen LogP) is 0.474. The molecule has 0 radical (unpaired) electrons. The van der Waals surface area contributed by atoms with Crippen LogP contribution in [0.15, 0.2) is 30.1 Å². The lowest BCUT2D eigenvalue weighted by Crippen LogP contribution is -2.12. The maximum absolute atomic E-state index is 10.6. The minimum atomic E-state index is -0.730. The van der Waals surface area contributed by atoms with E-state index in [0.29, 0.717) is 5.56 Å². The zero-order chi connectivity index (χ0) is 9.68. The van der Waals surface area contributed by atoms with E-state index in [1.165, 1.54) is 6.08 Å². The van der Waals surface area contributed by atoms with Crippen molar-refractivity contribution in [1.82, 2.24) is 4.98 Å². The molecule has 0 spiro atoms. The molecule has 0 unspecified atom stereocenters. The second-order valence-electron chi connectivity index (χ2n) is 2.32. The molecular weight excluding hydrogens is 166 g/mol. The number of carbonyl (C=O) groups excluding carboxylic acids is 1. The Morgan fingerprint density at radius 1 is 1.69 bits per heavy atom. The van der Waals surface area contributed by atoms with Crippen molar-refractivity contribution in [3.05, 3.63) is 35.7 Å². The molecule has 4 nitrogen and oxygen atoms in total. The van der Waals surface area contributed by atoms with Gasteiger partial charge in [0.2, 0.25) is 0 Å². The minimum Gasteiger partial charge on any atom is -0.365 e. The van der Waals surface area contributed by atoms with E-state index in [1.54, 1.807) is 30.6 Å². The third-order valence-electron chi connectivity index (χ3n) is 1.38. The van der Waals surface area contributed by atoms with Gasteiger partial charge >= 0.3 is 0 Å². The summed E-state index contributed by atoms with van der Waals surface area (Å²) in [6.07, 6.45) is 4.54. The summed E-state index contributed by atoms with van der Waals surface area (Å²) in [7, 11) is 0. The van der Waals surface area contributed by atoms with Crippen LogP contribution < -0.4 is 5.73 Å². The Kier molecular flexibility index (Phi) is 2.77. The number of aromatic nitrogens is 1. The van der Waals surface area contributed by atoms with Crippen LogP contribution in [0.2, 0.25) is 0 Å². The molecule has 2 N–H and O–H groups in total. The van der Waals surface area contributed by atoms with Gasteiger partial charge in [-0.2, -0.15) is 5.26 Å². The number of pyridine rings is 1. The maximum Gasteiger partial charge on any atom is 0.259 e. The van der Waals surface area contributed by atoms with Gasteiger partial charge in [-0.25, -0.2) is 0 Å². The minimum absolute atomic E-state index is 0.0759. The fourth-order valence-electron chi connectivity index (χ4n) is 0.787. The molecule has 0 bridgehead atoms. The molecule has 13 heavy (non-hydrogen) atoms. The van der Waals surface area contributed by atoms with Crippen LogP contribution >= 0.6 is 0 Å². The first-order valence-electron chi connectivity index (χ1n) is 3.55. The number of rotatable bonds is 2. The zero-order valence-electron chi connectivity index (χ0n) is 6.77. The van der Waals surface area contributed by atoms with Gasteiger partial charge in [-0.3, -0.25) is 9.78 Å². The largest absolute Gasteiger partial charge is 0.365 e. The van der Waals surface area contributed by atoms with Crippen molar-refractivity contribution in [1.29, 1.82) is 5.26 Å². The molecule has 0 aliphatic carbocycles. The Bertz CT molecular complexity index is 376. The Balaban J connectivity index is 3.01. The van der Waals surface area contributed by atoms with Gasteiger partial charge < -0.3 is 5.73 Å². The van der Waals surface area contributed by atoms with Gasteiger partial charge in [-0.05, 0) is 17.7 Å². The highest BCUT2D eigenvalue weighted by Gasteiger charge is 2.02. The monoisotopic (exact) mass is 173 g/mol. The number of nitrogens with zero attached hydrogens (tertiary/aromatic N) is 2. The highest BCUT2D eigenvalue weighted by molar-refractivity contribution is 6.00. The molecule has 0 saturated heterocycles. The number of carbonyl (C=O) groups is 1. The summed E-state index contributed by atoms with van der Waals surface area (Å²) in [5.74, 6) is -0.730. The van der Waals surface area contributed by atoms with Crippen LogP contribution in [0, 0.1) is 11.3 Å². The zero-order valence-corrected chi connectivity index (χ0v) is 6.77. The molecule has 0 aromatic carbocycles. The average molecular weight is 173 g/mol. The molecule has 1 aromatic heterocycles. The Morgan fingerprint density at radius 3 is 2.92 bits per heavy atom. The van der Waals surface area contributed by atoms with Crippen LogP contribution in [0.3, 0.4) is 0 Å². The number of amides is 1. The molecule has 0 atom stereocenters. The summed E-state index contributed by atoms with van der Waals surface area (Å²) in [5, 5.41) is 8.52. The highest BCUT2D eigenvalue weighted by atomic mass is 16.1. The van der Waals surface area contributed by atoms with Crippen LogP contribution in [0.25, 0.3) is 6.08 Å². The van der Waals surface area contributed by atoms with Gasteiger partial charge in [0, 0.05) is 12.4 Å². The molecule has 1 aromatic rings. The quantitative estimate of drug-likeness (QED) is 0.521. The van der Waals surface area contributed by atoms with E-state index in [9.17, 15) is 4.79 Å². The van der Waals surface area contributed by atoms with Crippen molar-refractivity contribution in [3.8, 4) is 6.07 Å². The smallest absolute Gasteiger partial charge is 0.259 e. The highest BCUT2D eigenvalue weighted by Crippen LogP contribution is 2.03. The molecule has 64 valence electrons. The van der Waals surface area contributed by atoms with E-state index >= 15 is 0 Å². The summed E-state index contributed by atoms with van der Waals surface area (Å²) >= 11 is 0. The van der Waals surface area contributed by atoms with Crippen LogP contribution in [0.5, 0.6) is 0 Å². The average Bonchev–Trinajstić information content (AvgIpc) is 2.15. The van der Waals surface area contributed by atoms with E-state index in [0.717, 1.165) is 0 Å². The fraction of sp³-hybridized carbons (Fsp3) is 0. The van der Waals surface area contributed by atoms with Gasteiger partial charge in [0.1, 0.15) is 11.6 Å². The van der Waals surface area contributed by atoms with Crippen LogP contribution in [-0.4, -0.2) is 10.9 Å². The number of hydrogen-bond acceptors (Lipinski definition) is 3.